The molecule has 2 aromatic carbocycles. The van der Waals surface area contributed by atoms with E-state index in [9.17, 15) is 10.2 Å². The minimum absolute atomic E-state index is 0.0241. The molecule has 6 rings (SSSR count). The molecule has 3 saturated carbocycles. The highest BCUT2D eigenvalue weighted by atomic mass is 32.2. The molecule has 3 nitrogen and oxygen atoms in total. The molecule has 0 radical (unpaired) electrons. The van der Waals surface area contributed by atoms with Crippen LogP contribution in [0.15, 0.2) is 42.5 Å². The largest absolute Gasteiger partial charge is 0.508 e. The number of phenols is 1. The third-order valence-corrected chi connectivity index (χ3v) is 13.1. The molecule has 0 heterocycles. The van der Waals surface area contributed by atoms with E-state index in [2.05, 4.69) is 55.9 Å². The van der Waals surface area contributed by atoms with Gasteiger partial charge in [-0.25, -0.2) is 0 Å². The van der Waals surface area contributed by atoms with Crippen LogP contribution in [0.25, 0.3) is 0 Å². The van der Waals surface area contributed by atoms with Crippen LogP contribution in [-0.2, 0) is 6.42 Å². The highest BCUT2D eigenvalue weighted by Gasteiger charge is 2.74. The number of aromatic hydroxyl groups is 1. The van der Waals surface area contributed by atoms with Gasteiger partial charge in [0.15, 0.2) is 0 Å². The maximum absolute atomic E-state index is 11.9. The zero-order valence-electron chi connectivity index (χ0n) is 24.8. The van der Waals surface area contributed by atoms with Gasteiger partial charge in [0, 0.05) is 5.41 Å². The first-order chi connectivity index (χ1) is 19.4. The minimum Gasteiger partial charge on any atom is -0.508 e. The summed E-state index contributed by atoms with van der Waals surface area (Å²) in [6, 6.07) is 15.1. The summed E-state index contributed by atoms with van der Waals surface area (Å²) >= 11 is 2.11. The van der Waals surface area contributed by atoms with Crippen LogP contribution in [0.5, 0.6) is 11.5 Å². The third-order valence-electron chi connectivity index (χ3n) is 11.9. The number of hydrogen-bond acceptors (Lipinski definition) is 4. The summed E-state index contributed by atoms with van der Waals surface area (Å²) < 4.78 is 6.16. The van der Waals surface area contributed by atoms with Crippen molar-refractivity contribution in [1.29, 1.82) is 0 Å². The van der Waals surface area contributed by atoms with Crippen LogP contribution >= 0.6 is 11.8 Å². The van der Waals surface area contributed by atoms with Gasteiger partial charge in [0.05, 0.1) is 12.2 Å². The van der Waals surface area contributed by atoms with Gasteiger partial charge in [0.2, 0.25) is 0 Å². The van der Waals surface area contributed by atoms with Gasteiger partial charge in [0.1, 0.15) is 11.5 Å². The van der Waals surface area contributed by atoms with Crippen LogP contribution in [0.2, 0.25) is 0 Å². The molecule has 2 aromatic rings. The molecule has 0 spiro atoms. The highest BCUT2D eigenvalue weighted by Crippen LogP contribution is 2.79. The molecular formula is C36H50O3S. The van der Waals surface area contributed by atoms with E-state index in [0.717, 1.165) is 44.5 Å². The Morgan fingerprint density at radius 3 is 2.42 bits per heavy atom. The van der Waals surface area contributed by atoms with Crippen molar-refractivity contribution in [2.45, 2.75) is 115 Å². The van der Waals surface area contributed by atoms with Gasteiger partial charge in [-0.1, -0.05) is 44.9 Å². The maximum Gasteiger partial charge on any atom is 0.119 e. The van der Waals surface area contributed by atoms with Crippen molar-refractivity contribution in [3.05, 3.63) is 59.2 Å². The average molecular weight is 563 g/mol. The van der Waals surface area contributed by atoms with E-state index < -0.39 is 5.60 Å². The van der Waals surface area contributed by atoms with E-state index in [1.807, 2.05) is 12.1 Å². The molecule has 0 aromatic heterocycles. The Labute approximate surface area is 246 Å². The van der Waals surface area contributed by atoms with E-state index in [1.54, 1.807) is 0 Å². The summed E-state index contributed by atoms with van der Waals surface area (Å²) in [6.45, 7) is 5.49. The lowest BCUT2D eigenvalue weighted by atomic mass is 9.45. The molecule has 4 heteroatoms. The molecule has 2 bridgehead atoms. The lowest BCUT2D eigenvalue weighted by Gasteiger charge is -2.59. The first kappa shape index (κ1) is 28.5. The molecule has 0 amide bonds. The number of phenolic OH excluding ortho intramolecular Hbond substituents is 1. The fourth-order valence-electron chi connectivity index (χ4n) is 9.74. The molecule has 4 atom stereocenters. The molecule has 3 fully saturated rings. The monoisotopic (exact) mass is 562 g/mol. The molecule has 4 aliphatic rings. The van der Waals surface area contributed by atoms with Crippen LogP contribution in [0.4, 0.5) is 0 Å². The van der Waals surface area contributed by atoms with Crippen molar-refractivity contribution in [2.75, 3.05) is 18.1 Å². The predicted octanol–water partition coefficient (Wildman–Crippen LogP) is 9.01. The van der Waals surface area contributed by atoms with Crippen molar-refractivity contribution in [3.63, 3.8) is 0 Å². The predicted molar refractivity (Wildman–Crippen MR) is 167 cm³/mol. The van der Waals surface area contributed by atoms with Crippen molar-refractivity contribution < 1.29 is 14.9 Å². The fraction of sp³-hybridized carbons (Fsp3) is 0.667. The summed E-state index contributed by atoms with van der Waals surface area (Å²) in [6.07, 6.45) is 15.2. The zero-order valence-corrected chi connectivity index (χ0v) is 25.6. The molecule has 0 aliphatic heterocycles. The van der Waals surface area contributed by atoms with E-state index in [-0.39, 0.29) is 10.8 Å². The van der Waals surface area contributed by atoms with Crippen LogP contribution in [0.1, 0.15) is 119 Å². The Balaban J connectivity index is 1.14. The van der Waals surface area contributed by atoms with Gasteiger partial charge in [0.25, 0.3) is 0 Å². The van der Waals surface area contributed by atoms with Gasteiger partial charge in [-0.3, -0.25) is 0 Å². The lowest BCUT2D eigenvalue weighted by Crippen LogP contribution is -2.54. The Morgan fingerprint density at radius 2 is 1.68 bits per heavy atom. The highest BCUT2D eigenvalue weighted by molar-refractivity contribution is 7.99. The number of aliphatic hydroxyl groups is 1. The fourth-order valence-corrected chi connectivity index (χ4v) is 10.8. The minimum atomic E-state index is -0.511. The number of rotatable bonds is 12. The molecule has 40 heavy (non-hydrogen) atoms. The second-order valence-corrected chi connectivity index (χ2v) is 14.9. The van der Waals surface area contributed by atoms with Crippen LogP contribution in [0.3, 0.4) is 0 Å². The Hall–Kier alpha value is -1.65. The first-order valence-corrected chi connectivity index (χ1v) is 17.4. The lowest BCUT2D eigenvalue weighted by molar-refractivity contribution is -0.108. The topological polar surface area (TPSA) is 49.7 Å². The number of thioether (sulfide) groups is 1. The van der Waals surface area contributed by atoms with Crippen LogP contribution in [0, 0.1) is 16.7 Å². The Kier molecular flexibility index (Phi) is 8.22. The molecule has 0 unspecified atom stereocenters. The van der Waals surface area contributed by atoms with E-state index in [4.69, 9.17) is 4.74 Å². The molecule has 218 valence electrons. The number of benzene rings is 2. The first-order valence-electron chi connectivity index (χ1n) is 16.3. The maximum atomic E-state index is 11.9. The Morgan fingerprint density at radius 1 is 0.925 bits per heavy atom. The second-order valence-electron chi connectivity index (χ2n) is 13.7. The van der Waals surface area contributed by atoms with E-state index in [0.29, 0.717) is 23.5 Å². The standard InChI is InChI=1S/C36H50O3S/c1-3-4-7-22-40-23-8-5-6-21-39-29-13-9-26(10-14-29)31-25-34(2)35(17-19-36(34,38)20-18-35)32-16-11-27-24-28(37)12-15-30(27)33(31)32/h9-10,12-15,24,31-33,37-38H,3-8,11,16-23,25H2,1-2H3/t31-,32-,33+,34+,35-,36+/m1/s1. The van der Waals surface area contributed by atoms with Gasteiger partial charge in [-0.05, 0) is 146 Å². The molecule has 0 saturated heterocycles. The van der Waals surface area contributed by atoms with E-state index in [1.165, 1.54) is 79.6 Å². The number of fused-ring (bicyclic) bond motifs is 3. The molecule has 4 aliphatic carbocycles. The number of ether oxygens (including phenoxy) is 1. The van der Waals surface area contributed by atoms with Crippen molar-refractivity contribution in [2.24, 2.45) is 16.7 Å². The SMILES string of the molecule is CCCCCSCCCCCOc1ccc([C@H]2C[C@]3(C)[C@]4(O)CC[C@@]3(CC4)[C@@H]3CCc4cc(O)ccc4[C@@H]23)cc1. The summed E-state index contributed by atoms with van der Waals surface area (Å²) in [5.74, 6) is 5.36. The van der Waals surface area contributed by atoms with Crippen molar-refractivity contribution in [3.8, 4) is 11.5 Å². The van der Waals surface area contributed by atoms with Crippen molar-refractivity contribution >= 4 is 11.8 Å². The number of unbranched alkanes of at least 4 members (excludes halogenated alkanes) is 4. The smallest absolute Gasteiger partial charge is 0.119 e. The molecule has 2 N–H and O–H groups in total. The van der Waals surface area contributed by atoms with Crippen molar-refractivity contribution in [1.82, 2.24) is 0 Å². The number of hydrogen-bond donors (Lipinski definition) is 2. The van der Waals surface area contributed by atoms with Gasteiger partial charge >= 0.3 is 0 Å². The summed E-state index contributed by atoms with van der Waals surface area (Å²) in [7, 11) is 0. The molecular weight excluding hydrogens is 512 g/mol. The Bertz CT molecular complexity index is 1150. The van der Waals surface area contributed by atoms with Gasteiger partial charge < -0.3 is 14.9 Å². The average Bonchev–Trinajstić information content (AvgIpc) is 3.33. The van der Waals surface area contributed by atoms with Gasteiger partial charge in [-0.2, -0.15) is 11.8 Å². The van der Waals surface area contributed by atoms with Crippen LogP contribution in [-0.4, -0.2) is 33.9 Å². The second kappa shape index (κ2) is 11.6. The normalized spacial score (nSPS) is 33.8. The zero-order chi connectivity index (χ0) is 27.8. The summed E-state index contributed by atoms with van der Waals surface area (Å²) in [4.78, 5) is 0. The van der Waals surface area contributed by atoms with E-state index >= 15 is 0 Å². The summed E-state index contributed by atoms with van der Waals surface area (Å²) in [5.41, 5.74) is 3.87. The quantitative estimate of drug-likeness (QED) is 0.253. The summed E-state index contributed by atoms with van der Waals surface area (Å²) in [5, 5.41) is 22.1. The van der Waals surface area contributed by atoms with Gasteiger partial charge in [-0.15, -0.1) is 0 Å². The third kappa shape index (κ3) is 4.79. The number of aryl methyl sites for hydroxylation is 1. The van der Waals surface area contributed by atoms with Crippen LogP contribution < -0.4 is 4.74 Å².